The van der Waals surface area contributed by atoms with Gasteiger partial charge in [-0.15, -0.1) is 0 Å². The van der Waals surface area contributed by atoms with Crippen LogP contribution < -0.4 is 5.32 Å². The van der Waals surface area contributed by atoms with Gasteiger partial charge >= 0.3 is 0 Å². The van der Waals surface area contributed by atoms with E-state index in [4.69, 9.17) is 4.74 Å². The summed E-state index contributed by atoms with van der Waals surface area (Å²) >= 11 is 0. The third kappa shape index (κ3) is 4.79. The van der Waals surface area contributed by atoms with E-state index in [0.717, 1.165) is 39.1 Å². The number of carbonyl (C=O) groups is 1. The van der Waals surface area contributed by atoms with E-state index in [1.54, 1.807) is 12.3 Å². The maximum atomic E-state index is 12.2. The van der Waals surface area contributed by atoms with E-state index in [1.807, 2.05) is 26.0 Å². The van der Waals surface area contributed by atoms with E-state index < -0.39 is 0 Å². The van der Waals surface area contributed by atoms with Crippen molar-refractivity contribution in [3.8, 4) is 0 Å². The monoisotopic (exact) mass is 291 g/mol. The highest BCUT2D eigenvalue weighted by molar-refractivity contribution is 5.93. The molecule has 0 aromatic carbocycles. The fourth-order valence-corrected chi connectivity index (χ4v) is 2.62. The van der Waals surface area contributed by atoms with Crippen LogP contribution >= 0.6 is 0 Å². The molecule has 116 valence electrons. The molecule has 5 nitrogen and oxygen atoms in total. The Balaban J connectivity index is 1.78. The number of aromatic nitrogens is 1. The number of nitrogens with one attached hydrogen (secondary N) is 1. The molecule has 1 saturated heterocycles. The van der Waals surface area contributed by atoms with Crippen molar-refractivity contribution in [1.29, 1.82) is 0 Å². The number of amides is 1. The highest BCUT2D eigenvalue weighted by Gasteiger charge is 2.26. The van der Waals surface area contributed by atoms with Gasteiger partial charge in [0.25, 0.3) is 0 Å². The van der Waals surface area contributed by atoms with E-state index >= 15 is 0 Å². The SMILES string of the molecule is CCOCC1CCN(C(C)C(=O)Nc2ccccn2)CC1. The van der Waals surface area contributed by atoms with Gasteiger partial charge in [-0.05, 0) is 57.8 Å². The average molecular weight is 291 g/mol. The predicted octanol–water partition coefficient (Wildman–Crippen LogP) is 2.16. The number of anilines is 1. The Bertz CT molecular complexity index is 430. The molecule has 5 heteroatoms. The van der Waals surface area contributed by atoms with Crippen LogP contribution in [0.5, 0.6) is 0 Å². The van der Waals surface area contributed by atoms with Crippen molar-refractivity contribution < 1.29 is 9.53 Å². The Morgan fingerprint density at radius 3 is 2.86 bits per heavy atom. The zero-order chi connectivity index (χ0) is 15.1. The molecular weight excluding hydrogens is 266 g/mol. The van der Waals surface area contributed by atoms with Crippen LogP contribution in [0.3, 0.4) is 0 Å². The quantitative estimate of drug-likeness (QED) is 0.872. The van der Waals surface area contributed by atoms with Crippen LogP contribution in [0.2, 0.25) is 0 Å². The van der Waals surface area contributed by atoms with Gasteiger partial charge < -0.3 is 10.1 Å². The van der Waals surface area contributed by atoms with E-state index in [2.05, 4.69) is 15.2 Å². The van der Waals surface area contributed by atoms with Crippen molar-refractivity contribution in [1.82, 2.24) is 9.88 Å². The molecule has 0 radical (unpaired) electrons. The summed E-state index contributed by atoms with van der Waals surface area (Å²) in [6.45, 7) is 7.52. The molecule has 1 aliphatic rings. The van der Waals surface area contributed by atoms with Crippen molar-refractivity contribution in [3.05, 3.63) is 24.4 Å². The topological polar surface area (TPSA) is 54.5 Å². The summed E-state index contributed by atoms with van der Waals surface area (Å²) in [5, 5.41) is 2.87. The summed E-state index contributed by atoms with van der Waals surface area (Å²) in [4.78, 5) is 18.6. The van der Waals surface area contributed by atoms with Crippen LogP contribution in [-0.2, 0) is 9.53 Å². The van der Waals surface area contributed by atoms with Gasteiger partial charge in [-0.1, -0.05) is 6.07 Å². The van der Waals surface area contributed by atoms with Crippen molar-refractivity contribution in [3.63, 3.8) is 0 Å². The molecule has 1 fully saturated rings. The molecule has 1 aromatic heterocycles. The minimum atomic E-state index is -0.125. The molecule has 1 unspecified atom stereocenters. The van der Waals surface area contributed by atoms with Gasteiger partial charge in [0.15, 0.2) is 0 Å². The summed E-state index contributed by atoms with van der Waals surface area (Å²) in [6.07, 6.45) is 3.88. The first-order chi connectivity index (χ1) is 10.2. The van der Waals surface area contributed by atoms with Gasteiger partial charge in [0.05, 0.1) is 6.04 Å². The van der Waals surface area contributed by atoms with Crippen LogP contribution in [0.4, 0.5) is 5.82 Å². The summed E-state index contributed by atoms with van der Waals surface area (Å²) in [6, 6.07) is 5.38. The summed E-state index contributed by atoms with van der Waals surface area (Å²) in [5.41, 5.74) is 0. The smallest absolute Gasteiger partial charge is 0.242 e. The van der Waals surface area contributed by atoms with E-state index in [9.17, 15) is 4.79 Å². The van der Waals surface area contributed by atoms with Crippen LogP contribution in [0.25, 0.3) is 0 Å². The minimum absolute atomic E-state index is 0.0111. The van der Waals surface area contributed by atoms with Gasteiger partial charge in [0.2, 0.25) is 5.91 Å². The van der Waals surface area contributed by atoms with Crippen LogP contribution in [0.15, 0.2) is 24.4 Å². The van der Waals surface area contributed by atoms with E-state index in [-0.39, 0.29) is 11.9 Å². The maximum Gasteiger partial charge on any atom is 0.242 e. The zero-order valence-electron chi connectivity index (χ0n) is 12.9. The number of piperidine rings is 1. The highest BCUT2D eigenvalue weighted by atomic mass is 16.5. The first kappa shape index (κ1) is 15.9. The molecule has 1 N–H and O–H groups in total. The lowest BCUT2D eigenvalue weighted by molar-refractivity contribution is -0.121. The third-order valence-corrected chi connectivity index (χ3v) is 4.05. The Hall–Kier alpha value is -1.46. The number of nitrogens with zero attached hydrogens (tertiary/aromatic N) is 2. The predicted molar refractivity (Wildman–Crippen MR) is 83.1 cm³/mol. The highest BCUT2D eigenvalue weighted by Crippen LogP contribution is 2.19. The van der Waals surface area contributed by atoms with E-state index in [1.165, 1.54) is 0 Å². The summed E-state index contributed by atoms with van der Waals surface area (Å²) < 4.78 is 5.49. The van der Waals surface area contributed by atoms with Crippen molar-refractivity contribution >= 4 is 11.7 Å². The largest absolute Gasteiger partial charge is 0.381 e. The molecule has 0 bridgehead atoms. The number of ether oxygens (including phenoxy) is 1. The minimum Gasteiger partial charge on any atom is -0.381 e. The number of hydrogen-bond acceptors (Lipinski definition) is 4. The van der Waals surface area contributed by atoms with Gasteiger partial charge in [-0.25, -0.2) is 4.98 Å². The lowest BCUT2D eigenvalue weighted by Gasteiger charge is -2.35. The van der Waals surface area contributed by atoms with Crippen molar-refractivity contribution in [2.24, 2.45) is 5.92 Å². The number of likely N-dealkylation sites (tertiary alicyclic amines) is 1. The van der Waals surface area contributed by atoms with Gasteiger partial charge in [-0.2, -0.15) is 0 Å². The molecule has 21 heavy (non-hydrogen) atoms. The molecule has 1 aromatic rings. The summed E-state index contributed by atoms with van der Waals surface area (Å²) in [5.74, 6) is 1.25. The normalized spacial score (nSPS) is 18.4. The molecule has 0 saturated carbocycles. The number of pyridine rings is 1. The second kappa shape index (κ2) is 8.10. The first-order valence-corrected chi connectivity index (χ1v) is 7.74. The Kier molecular flexibility index (Phi) is 6.14. The number of hydrogen-bond donors (Lipinski definition) is 1. The lowest BCUT2D eigenvalue weighted by atomic mass is 9.96. The van der Waals surface area contributed by atoms with Crippen LogP contribution in [0, 0.1) is 5.92 Å². The lowest BCUT2D eigenvalue weighted by Crippen LogP contribution is -2.46. The fourth-order valence-electron chi connectivity index (χ4n) is 2.62. The number of carbonyl (C=O) groups excluding carboxylic acids is 1. The Labute approximate surface area is 126 Å². The fraction of sp³-hybridized carbons (Fsp3) is 0.625. The van der Waals surface area contributed by atoms with Gasteiger partial charge in [0, 0.05) is 19.4 Å². The van der Waals surface area contributed by atoms with E-state index in [0.29, 0.717) is 11.7 Å². The van der Waals surface area contributed by atoms with Crippen LogP contribution in [0.1, 0.15) is 26.7 Å². The van der Waals surface area contributed by atoms with Gasteiger partial charge in [0.1, 0.15) is 5.82 Å². The molecule has 0 spiro atoms. The third-order valence-electron chi connectivity index (χ3n) is 4.05. The second-order valence-corrected chi connectivity index (χ2v) is 5.52. The molecule has 2 rings (SSSR count). The molecule has 0 aliphatic carbocycles. The standard InChI is InChI=1S/C16H25N3O2/c1-3-21-12-14-7-10-19(11-8-14)13(2)16(20)18-15-6-4-5-9-17-15/h4-6,9,13-14H,3,7-8,10-12H2,1-2H3,(H,17,18,20). The van der Waals surface area contributed by atoms with Crippen molar-refractivity contribution in [2.75, 3.05) is 31.6 Å². The van der Waals surface area contributed by atoms with Gasteiger partial charge in [-0.3, -0.25) is 9.69 Å². The Morgan fingerprint density at radius 1 is 1.48 bits per heavy atom. The maximum absolute atomic E-state index is 12.2. The molecule has 1 atom stereocenters. The average Bonchev–Trinajstić information content (AvgIpc) is 2.53. The molecule has 2 heterocycles. The summed E-state index contributed by atoms with van der Waals surface area (Å²) in [7, 11) is 0. The first-order valence-electron chi connectivity index (χ1n) is 7.74. The number of rotatable bonds is 6. The Morgan fingerprint density at radius 2 is 2.24 bits per heavy atom. The molecule has 1 amide bonds. The molecular formula is C16H25N3O2. The van der Waals surface area contributed by atoms with Crippen LogP contribution in [-0.4, -0.2) is 48.1 Å². The second-order valence-electron chi connectivity index (χ2n) is 5.52. The zero-order valence-corrected chi connectivity index (χ0v) is 12.9. The molecule has 1 aliphatic heterocycles. The van der Waals surface area contributed by atoms with Crippen molar-refractivity contribution in [2.45, 2.75) is 32.7 Å².